The first-order chi connectivity index (χ1) is 17.7. The maximum absolute atomic E-state index is 13.9. The van der Waals surface area contributed by atoms with E-state index in [0.29, 0.717) is 17.0 Å². The number of fused-ring (bicyclic) bond motifs is 1. The second-order valence-electron chi connectivity index (χ2n) is 8.42. The van der Waals surface area contributed by atoms with Crippen LogP contribution in [0.3, 0.4) is 0 Å². The normalized spacial score (nSPS) is 17.1. The first kappa shape index (κ1) is 23.5. The van der Waals surface area contributed by atoms with Gasteiger partial charge < -0.3 is 0 Å². The van der Waals surface area contributed by atoms with Gasteiger partial charge in [-0.1, -0.05) is 48.5 Å². The fraction of sp³-hybridized carbons (Fsp3) is 0.0800. The quantitative estimate of drug-likeness (QED) is 0.323. The van der Waals surface area contributed by atoms with E-state index in [0.717, 1.165) is 17.7 Å². The van der Waals surface area contributed by atoms with Gasteiger partial charge in [-0.15, -0.1) is 0 Å². The van der Waals surface area contributed by atoms with Crippen LogP contribution in [-0.2, 0) is 4.79 Å². The van der Waals surface area contributed by atoms with Crippen molar-refractivity contribution >= 4 is 34.6 Å². The third-order valence-corrected chi connectivity index (χ3v) is 5.87. The number of nitrogens with zero attached hydrogens (tertiary/aromatic N) is 6. The van der Waals surface area contributed by atoms with Crippen molar-refractivity contribution in [3.63, 3.8) is 0 Å². The summed E-state index contributed by atoms with van der Waals surface area (Å²) in [7, 11) is 0. The largest absolute Gasteiger partial charge is 0.300 e. The second-order valence-corrected chi connectivity index (χ2v) is 8.42. The number of carbonyl (C=O) groups excluding carboxylic acids is 1. The molecule has 37 heavy (non-hydrogen) atoms. The number of benzene rings is 3. The zero-order valence-corrected chi connectivity index (χ0v) is 19.4. The lowest BCUT2D eigenvalue weighted by Gasteiger charge is -2.27. The summed E-state index contributed by atoms with van der Waals surface area (Å²) in [5.74, 6) is -0.613. The number of imidazole rings is 1. The minimum atomic E-state index is -1.72. The molecule has 2 N–H and O–H groups in total. The van der Waals surface area contributed by atoms with E-state index in [1.165, 1.54) is 34.9 Å². The van der Waals surface area contributed by atoms with Gasteiger partial charge in [0, 0.05) is 29.6 Å². The molecule has 184 valence electrons. The van der Waals surface area contributed by atoms with Crippen LogP contribution in [0, 0.1) is 20.2 Å². The topological polar surface area (TPSA) is 163 Å². The van der Waals surface area contributed by atoms with E-state index in [9.17, 15) is 25.0 Å². The number of aliphatic imine (C=N–C) groups is 1. The van der Waals surface area contributed by atoms with Crippen LogP contribution < -0.4 is 10.6 Å². The Balaban J connectivity index is 1.74. The Hall–Kier alpha value is -5.23. The van der Waals surface area contributed by atoms with E-state index in [4.69, 9.17) is 5.73 Å². The van der Waals surface area contributed by atoms with E-state index in [-0.39, 0.29) is 11.6 Å². The van der Waals surface area contributed by atoms with Gasteiger partial charge in [-0.3, -0.25) is 40.3 Å². The molecule has 12 nitrogen and oxygen atoms in total. The van der Waals surface area contributed by atoms with Crippen molar-refractivity contribution in [2.75, 3.05) is 4.90 Å². The summed E-state index contributed by atoms with van der Waals surface area (Å²) in [5.41, 5.74) is 6.01. The third kappa shape index (κ3) is 4.00. The second kappa shape index (κ2) is 8.77. The summed E-state index contributed by atoms with van der Waals surface area (Å²) >= 11 is 0. The van der Waals surface area contributed by atoms with Gasteiger partial charge in [0.25, 0.3) is 17.3 Å². The standard InChI is InChI=1S/C25H19N7O5/c1-25(26)23(33)30(19-10-6-5-9-18(19)22(28-25)16-7-3-2-4-8-16)24-27-13-14-29(24)20-12-11-17(31(34)35)15-21(20)32(36)37/h2-15H,26H2,1H3. The number of hydrogen-bond acceptors (Lipinski definition) is 8. The molecule has 0 radical (unpaired) electrons. The van der Waals surface area contributed by atoms with E-state index in [1.807, 2.05) is 30.3 Å². The minimum absolute atomic E-state index is 0.00981. The van der Waals surface area contributed by atoms with Crippen LogP contribution in [0.5, 0.6) is 0 Å². The Labute approximate surface area is 209 Å². The molecule has 0 spiro atoms. The lowest BCUT2D eigenvalue weighted by Crippen LogP contribution is -2.50. The summed E-state index contributed by atoms with van der Waals surface area (Å²) < 4.78 is 1.32. The van der Waals surface area contributed by atoms with Gasteiger partial charge >= 0.3 is 0 Å². The van der Waals surface area contributed by atoms with Crippen LogP contribution in [-0.4, -0.2) is 36.7 Å². The fourth-order valence-corrected chi connectivity index (χ4v) is 4.18. The molecule has 4 aromatic rings. The number of anilines is 2. The highest BCUT2D eigenvalue weighted by atomic mass is 16.6. The SMILES string of the molecule is CC1(N)N=C(c2ccccc2)c2ccccc2N(c2nccn2-c2ccc([N+](=O)[O-])cc2[N+](=O)[O-])C1=O. The molecule has 2 heterocycles. The molecule has 0 saturated carbocycles. The lowest BCUT2D eigenvalue weighted by molar-refractivity contribution is -0.394. The maximum Gasteiger partial charge on any atom is 0.300 e. The van der Waals surface area contributed by atoms with Crippen LogP contribution in [0.1, 0.15) is 18.1 Å². The van der Waals surface area contributed by atoms with Gasteiger partial charge in [-0.05, 0) is 19.1 Å². The molecule has 0 bridgehead atoms. The molecule has 12 heteroatoms. The van der Waals surface area contributed by atoms with Crippen LogP contribution in [0.15, 0.2) is 90.2 Å². The number of nitro groups is 2. The monoisotopic (exact) mass is 497 g/mol. The van der Waals surface area contributed by atoms with Crippen molar-refractivity contribution in [2.45, 2.75) is 12.6 Å². The molecular formula is C25H19N7O5. The van der Waals surface area contributed by atoms with Gasteiger partial charge in [0.2, 0.25) is 5.95 Å². The lowest BCUT2D eigenvalue weighted by atomic mass is 10.0. The van der Waals surface area contributed by atoms with Gasteiger partial charge in [0.1, 0.15) is 5.69 Å². The van der Waals surface area contributed by atoms with Crippen molar-refractivity contribution in [3.8, 4) is 5.69 Å². The fourth-order valence-electron chi connectivity index (χ4n) is 4.18. The highest BCUT2D eigenvalue weighted by Crippen LogP contribution is 2.37. The molecule has 0 aliphatic carbocycles. The number of nitrogens with two attached hydrogens (primary N) is 1. The van der Waals surface area contributed by atoms with Crippen LogP contribution in [0.2, 0.25) is 0 Å². The zero-order chi connectivity index (χ0) is 26.3. The summed E-state index contributed by atoms with van der Waals surface area (Å²) in [6, 6.07) is 19.5. The average molecular weight is 497 g/mol. The van der Waals surface area contributed by atoms with Crippen molar-refractivity contribution < 1.29 is 14.6 Å². The summed E-state index contributed by atoms with van der Waals surface area (Å²) in [6.07, 6.45) is 2.80. The van der Waals surface area contributed by atoms with E-state index in [2.05, 4.69) is 9.98 Å². The molecule has 1 aromatic heterocycles. The zero-order valence-electron chi connectivity index (χ0n) is 19.4. The highest BCUT2D eigenvalue weighted by molar-refractivity contribution is 6.22. The molecule has 3 aromatic carbocycles. The smallest absolute Gasteiger partial charge is 0.299 e. The van der Waals surface area contributed by atoms with Crippen LogP contribution >= 0.6 is 0 Å². The first-order valence-corrected chi connectivity index (χ1v) is 11.0. The van der Waals surface area contributed by atoms with Crippen LogP contribution in [0.4, 0.5) is 23.0 Å². The summed E-state index contributed by atoms with van der Waals surface area (Å²) in [6.45, 7) is 1.47. The van der Waals surface area contributed by atoms with E-state index in [1.54, 1.807) is 24.3 Å². The molecule has 5 rings (SSSR count). The van der Waals surface area contributed by atoms with Gasteiger partial charge in [0.05, 0.1) is 27.3 Å². The Morgan fingerprint density at radius 3 is 2.32 bits per heavy atom. The Bertz CT molecular complexity index is 1590. The predicted octanol–water partition coefficient (Wildman–Crippen LogP) is 3.88. The van der Waals surface area contributed by atoms with Gasteiger partial charge in [-0.25, -0.2) is 9.88 Å². The minimum Gasteiger partial charge on any atom is -0.299 e. The number of carbonyl (C=O) groups is 1. The number of amides is 1. The Kier molecular flexibility index (Phi) is 5.57. The number of para-hydroxylation sites is 1. The third-order valence-electron chi connectivity index (χ3n) is 5.87. The number of rotatable bonds is 5. The summed E-state index contributed by atoms with van der Waals surface area (Å²) in [4.78, 5) is 45.7. The molecule has 0 fully saturated rings. The molecule has 1 aliphatic heterocycles. The van der Waals surface area contributed by atoms with E-state index >= 15 is 0 Å². The average Bonchev–Trinajstić information content (AvgIpc) is 3.34. The van der Waals surface area contributed by atoms with Gasteiger partial charge in [-0.2, -0.15) is 0 Å². The molecule has 0 saturated heterocycles. The van der Waals surface area contributed by atoms with Crippen molar-refractivity contribution in [1.82, 2.24) is 9.55 Å². The Morgan fingerprint density at radius 1 is 0.919 bits per heavy atom. The molecule has 1 atom stereocenters. The molecular weight excluding hydrogens is 478 g/mol. The first-order valence-electron chi connectivity index (χ1n) is 11.0. The number of nitro benzene ring substituents is 2. The highest BCUT2D eigenvalue weighted by Gasteiger charge is 2.41. The predicted molar refractivity (Wildman–Crippen MR) is 135 cm³/mol. The Morgan fingerprint density at radius 2 is 1.62 bits per heavy atom. The van der Waals surface area contributed by atoms with Gasteiger partial charge in [0.15, 0.2) is 5.66 Å². The van der Waals surface area contributed by atoms with Crippen molar-refractivity contribution in [3.05, 3.63) is 117 Å². The molecule has 1 aliphatic rings. The number of non-ortho nitro benzene ring substituents is 1. The van der Waals surface area contributed by atoms with Crippen molar-refractivity contribution in [1.29, 1.82) is 0 Å². The number of aromatic nitrogens is 2. The number of benzodiazepines with no additional fused rings is 1. The maximum atomic E-state index is 13.9. The summed E-state index contributed by atoms with van der Waals surface area (Å²) in [5, 5.41) is 23.0. The van der Waals surface area contributed by atoms with E-state index < -0.39 is 32.8 Å². The molecule has 1 amide bonds. The number of hydrogen-bond donors (Lipinski definition) is 1. The van der Waals surface area contributed by atoms with Crippen LogP contribution in [0.25, 0.3) is 5.69 Å². The molecule has 1 unspecified atom stereocenters. The van der Waals surface area contributed by atoms with Crippen molar-refractivity contribution in [2.24, 2.45) is 10.7 Å².